The highest BCUT2D eigenvalue weighted by molar-refractivity contribution is 5.81. The van der Waals surface area contributed by atoms with E-state index in [2.05, 4.69) is 4.98 Å². The SMILES string of the molecule is CN(C(=O)OCC1c2ccccc2-c2ccccc21)[C@H](Cc1cc[nH]c(=O)c1)C(=O)O. The molecule has 3 aromatic rings. The molecule has 0 saturated heterocycles. The number of nitrogens with zero attached hydrogens (tertiary/aromatic N) is 1. The first kappa shape index (κ1) is 20.4. The molecule has 7 nitrogen and oxygen atoms in total. The van der Waals surface area contributed by atoms with Gasteiger partial charge in [0.15, 0.2) is 0 Å². The van der Waals surface area contributed by atoms with Crippen LogP contribution in [0.3, 0.4) is 0 Å². The van der Waals surface area contributed by atoms with Crippen LogP contribution in [0.5, 0.6) is 0 Å². The Bertz CT molecular complexity index is 1140. The lowest BCUT2D eigenvalue weighted by Crippen LogP contribution is -2.44. The quantitative estimate of drug-likeness (QED) is 0.640. The number of likely N-dealkylation sites (N-methyl/N-ethyl adjacent to an activating group) is 1. The minimum absolute atomic E-state index is 0.0000509. The Hall–Kier alpha value is -3.87. The van der Waals surface area contributed by atoms with Gasteiger partial charge in [0.2, 0.25) is 5.56 Å². The summed E-state index contributed by atoms with van der Waals surface area (Å²) in [6, 6.07) is 17.8. The number of H-pyrrole nitrogens is 1. The molecule has 0 fully saturated rings. The van der Waals surface area contributed by atoms with Crippen molar-refractivity contribution < 1.29 is 19.4 Å². The lowest BCUT2D eigenvalue weighted by molar-refractivity contribution is -0.142. The molecule has 158 valence electrons. The molecule has 0 bridgehead atoms. The number of benzene rings is 2. The van der Waals surface area contributed by atoms with Crippen LogP contribution in [0.25, 0.3) is 11.1 Å². The molecule has 7 heteroatoms. The van der Waals surface area contributed by atoms with Gasteiger partial charge in [0.1, 0.15) is 12.6 Å². The highest BCUT2D eigenvalue weighted by Gasteiger charge is 2.32. The van der Waals surface area contributed by atoms with Gasteiger partial charge in [-0.2, -0.15) is 0 Å². The molecule has 0 radical (unpaired) electrons. The fraction of sp³-hybridized carbons (Fsp3) is 0.208. The molecule has 0 aliphatic heterocycles. The maximum Gasteiger partial charge on any atom is 0.410 e. The smallest absolute Gasteiger partial charge is 0.410 e. The number of carbonyl (C=O) groups is 2. The molecular weight excluding hydrogens is 396 g/mol. The van der Waals surface area contributed by atoms with E-state index in [1.165, 1.54) is 19.3 Å². The zero-order valence-electron chi connectivity index (χ0n) is 16.9. The topological polar surface area (TPSA) is 99.7 Å². The summed E-state index contributed by atoms with van der Waals surface area (Å²) < 4.78 is 5.55. The Labute approximate surface area is 178 Å². The summed E-state index contributed by atoms with van der Waals surface area (Å²) in [5.41, 5.74) is 4.59. The average molecular weight is 418 g/mol. The zero-order valence-corrected chi connectivity index (χ0v) is 16.9. The Morgan fingerprint density at radius 1 is 1.06 bits per heavy atom. The Balaban J connectivity index is 1.49. The molecule has 1 aromatic heterocycles. The molecule has 2 aromatic carbocycles. The van der Waals surface area contributed by atoms with Crippen molar-refractivity contribution in [3.63, 3.8) is 0 Å². The first-order chi connectivity index (χ1) is 15.0. The lowest BCUT2D eigenvalue weighted by atomic mass is 9.98. The van der Waals surface area contributed by atoms with Gasteiger partial charge < -0.3 is 14.8 Å². The number of pyridine rings is 1. The fourth-order valence-corrected chi connectivity index (χ4v) is 4.05. The number of aromatic nitrogens is 1. The van der Waals surface area contributed by atoms with Crippen molar-refractivity contribution in [2.45, 2.75) is 18.4 Å². The van der Waals surface area contributed by atoms with Gasteiger partial charge in [-0.15, -0.1) is 0 Å². The first-order valence-electron chi connectivity index (χ1n) is 9.94. The largest absolute Gasteiger partial charge is 0.480 e. The van der Waals surface area contributed by atoms with Crippen molar-refractivity contribution in [2.75, 3.05) is 13.7 Å². The number of amides is 1. The van der Waals surface area contributed by atoms with E-state index in [-0.39, 0.29) is 24.5 Å². The van der Waals surface area contributed by atoms with E-state index in [9.17, 15) is 19.5 Å². The van der Waals surface area contributed by atoms with E-state index >= 15 is 0 Å². The number of hydrogen-bond donors (Lipinski definition) is 2. The number of carboxylic acid groups (broad SMARTS) is 1. The van der Waals surface area contributed by atoms with E-state index in [0.717, 1.165) is 27.2 Å². The second-order valence-corrected chi connectivity index (χ2v) is 7.53. The molecule has 31 heavy (non-hydrogen) atoms. The number of ether oxygens (including phenoxy) is 1. The van der Waals surface area contributed by atoms with Crippen LogP contribution in [-0.2, 0) is 16.0 Å². The molecule has 0 saturated carbocycles. The molecule has 1 heterocycles. The Kier molecular flexibility index (Phi) is 5.58. The first-order valence-corrected chi connectivity index (χ1v) is 9.94. The van der Waals surface area contributed by atoms with Gasteiger partial charge in [-0.05, 0) is 33.9 Å². The summed E-state index contributed by atoms with van der Waals surface area (Å²) in [7, 11) is 1.39. The second-order valence-electron chi connectivity index (χ2n) is 7.53. The van der Waals surface area contributed by atoms with Crippen molar-refractivity contribution in [2.24, 2.45) is 0 Å². The third-order valence-corrected chi connectivity index (χ3v) is 5.65. The summed E-state index contributed by atoms with van der Waals surface area (Å²) >= 11 is 0. The molecule has 1 atom stereocenters. The van der Waals surface area contributed by atoms with Gasteiger partial charge in [0, 0.05) is 31.6 Å². The van der Waals surface area contributed by atoms with Gasteiger partial charge in [-0.3, -0.25) is 9.69 Å². The minimum Gasteiger partial charge on any atom is -0.480 e. The normalized spacial score (nSPS) is 13.2. The van der Waals surface area contributed by atoms with Crippen molar-refractivity contribution >= 4 is 12.1 Å². The molecular formula is C24H22N2O5. The van der Waals surface area contributed by atoms with Gasteiger partial charge in [0.05, 0.1) is 0 Å². The van der Waals surface area contributed by atoms with E-state index in [1.54, 1.807) is 6.07 Å². The van der Waals surface area contributed by atoms with Crippen LogP contribution in [0.4, 0.5) is 4.79 Å². The molecule has 2 N–H and O–H groups in total. The molecule has 1 aliphatic carbocycles. The minimum atomic E-state index is -1.17. The summed E-state index contributed by atoms with van der Waals surface area (Å²) in [5, 5.41) is 9.63. The number of nitrogens with one attached hydrogen (secondary N) is 1. The number of aliphatic carboxylic acids is 1. The highest BCUT2D eigenvalue weighted by atomic mass is 16.6. The number of aromatic amines is 1. The van der Waals surface area contributed by atoms with Crippen molar-refractivity contribution in [3.05, 3.63) is 93.9 Å². The average Bonchev–Trinajstić information content (AvgIpc) is 3.09. The summed E-state index contributed by atoms with van der Waals surface area (Å²) in [6.07, 6.45) is 0.725. The monoisotopic (exact) mass is 418 g/mol. The van der Waals surface area contributed by atoms with Gasteiger partial charge >= 0.3 is 12.1 Å². The summed E-state index contributed by atoms with van der Waals surface area (Å²) in [6.45, 7) is 0.106. The molecule has 4 rings (SSSR count). The second kappa shape index (κ2) is 8.47. The Morgan fingerprint density at radius 3 is 2.26 bits per heavy atom. The van der Waals surface area contributed by atoms with Crippen LogP contribution >= 0.6 is 0 Å². The predicted octanol–water partition coefficient (Wildman–Crippen LogP) is 3.25. The fourth-order valence-electron chi connectivity index (χ4n) is 4.05. The highest BCUT2D eigenvalue weighted by Crippen LogP contribution is 2.44. The van der Waals surface area contributed by atoms with Crippen LogP contribution < -0.4 is 5.56 Å². The third-order valence-electron chi connectivity index (χ3n) is 5.65. The van der Waals surface area contributed by atoms with Gasteiger partial charge in [-0.25, -0.2) is 9.59 Å². The maximum atomic E-state index is 12.7. The van der Waals surface area contributed by atoms with Crippen LogP contribution in [0, 0.1) is 0 Å². The van der Waals surface area contributed by atoms with Crippen molar-refractivity contribution in [3.8, 4) is 11.1 Å². The third kappa shape index (κ3) is 4.07. The van der Waals surface area contributed by atoms with Crippen LogP contribution in [0.2, 0.25) is 0 Å². The maximum absolute atomic E-state index is 12.7. The zero-order chi connectivity index (χ0) is 22.0. The van der Waals surface area contributed by atoms with Crippen LogP contribution in [0.15, 0.2) is 71.7 Å². The van der Waals surface area contributed by atoms with E-state index in [4.69, 9.17) is 4.74 Å². The van der Waals surface area contributed by atoms with E-state index in [1.807, 2.05) is 48.5 Å². The number of fused-ring (bicyclic) bond motifs is 3. The van der Waals surface area contributed by atoms with Gasteiger partial charge in [-0.1, -0.05) is 48.5 Å². The summed E-state index contributed by atoms with van der Waals surface area (Å²) in [5.74, 6) is -1.28. The van der Waals surface area contributed by atoms with Crippen LogP contribution in [0.1, 0.15) is 22.6 Å². The number of hydrogen-bond acceptors (Lipinski definition) is 4. The van der Waals surface area contributed by atoms with Crippen LogP contribution in [-0.4, -0.2) is 46.7 Å². The van der Waals surface area contributed by atoms with E-state index in [0.29, 0.717) is 5.56 Å². The Morgan fingerprint density at radius 2 is 1.68 bits per heavy atom. The molecule has 1 aliphatic rings. The number of carboxylic acids is 1. The van der Waals surface area contributed by atoms with Crippen molar-refractivity contribution in [1.29, 1.82) is 0 Å². The predicted molar refractivity (Wildman–Crippen MR) is 115 cm³/mol. The standard InChI is InChI=1S/C24H22N2O5/c1-26(21(23(28)29)12-15-10-11-25-22(27)13-15)24(30)31-14-20-18-8-4-2-6-16(18)17-7-3-5-9-19(17)20/h2-11,13,20-21H,12,14H2,1H3,(H,25,27)(H,28,29)/t21-/m1/s1. The number of rotatable bonds is 6. The molecule has 0 spiro atoms. The van der Waals surface area contributed by atoms with E-state index < -0.39 is 18.1 Å². The lowest BCUT2D eigenvalue weighted by Gasteiger charge is -2.25. The van der Waals surface area contributed by atoms with Gasteiger partial charge in [0.25, 0.3) is 0 Å². The number of carbonyl (C=O) groups excluding carboxylic acids is 1. The summed E-state index contributed by atoms with van der Waals surface area (Å²) in [4.78, 5) is 39.5. The van der Waals surface area contributed by atoms with Crippen molar-refractivity contribution in [1.82, 2.24) is 9.88 Å². The molecule has 0 unspecified atom stereocenters. The molecule has 1 amide bonds.